The minimum Gasteiger partial charge on any atom is -0.497 e. The molecular formula is C16H13Cl2NO2. The van der Waals surface area contributed by atoms with Crippen molar-refractivity contribution in [2.75, 3.05) is 12.0 Å². The lowest BCUT2D eigenvalue weighted by Crippen LogP contribution is -2.56. The molecule has 1 aliphatic heterocycles. The zero-order chi connectivity index (χ0) is 15.0. The summed E-state index contributed by atoms with van der Waals surface area (Å²) in [5, 5.41) is 0.0196. The Hall–Kier alpha value is -1.71. The van der Waals surface area contributed by atoms with Gasteiger partial charge in [-0.1, -0.05) is 29.8 Å². The molecule has 0 saturated carbocycles. The maximum absolute atomic E-state index is 12.1. The number of rotatable bonds is 3. The van der Waals surface area contributed by atoms with E-state index in [1.165, 1.54) is 0 Å². The van der Waals surface area contributed by atoms with Crippen LogP contribution in [-0.2, 0) is 4.79 Å². The molecule has 0 bridgehead atoms. The maximum atomic E-state index is 12.1. The highest BCUT2D eigenvalue weighted by atomic mass is 35.5. The van der Waals surface area contributed by atoms with E-state index in [-0.39, 0.29) is 11.9 Å². The van der Waals surface area contributed by atoms with E-state index in [9.17, 15) is 4.79 Å². The van der Waals surface area contributed by atoms with Crippen molar-refractivity contribution in [3.63, 3.8) is 0 Å². The standard InChI is InChI=1S/C16H13Cl2NO2/c1-21-11-8-6-10(7-9-11)19-15(14(18)16(19)20)12-4-2-3-5-13(12)17/h2-9,14-15H,1H3/t14-,15-/m0/s1. The third-order valence-corrected chi connectivity index (χ3v) is 4.37. The highest BCUT2D eigenvalue weighted by molar-refractivity contribution is 6.38. The van der Waals surface area contributed by atoms with Crippen LogP contribution >= 0.6 is 23.2 Å². The van der Waals surface area contributed by atoms with Gasteiger partial charge < -0.3 is 9.64 Å². The predicted molar refractivity (Wildman–Crippen MR) is 84.3 cm³/mol. The van der Waals surface area contributed by atoms with Crippen LogP contribution < -0.4 is 9.64 Å². The molecule has 1 fully saturated rings. The Balaban J connectivity index is 1.96. The molecule has 0 N–H and O–H groups in total. The number of carbonyl (C=O) groups is 1. The summed E-state index contributed by atoms with van der Waals surface area (Å²) in [7, 11) is 1.60. The summed E-state index contributed by atoms with van der Waals surface area (Å²) in [6, 6.07) is 14.5. The molecule has 108 valence electrons. The first-order valence-electron chi connectivity index (χ1n) is 6.49. The summed E-state index contributed by atoms with van der Waals surface area (Å²) >= 11 is 12.4. The Morgan fingerprint density at radius 2 is 1.76 bits per heavy atom. The molecule has 0 aliphatic carbocycles. The molecule has 2 atom stereocenters. The van der Waals surface area contributed by atoms with Gasteiger partial charge in [-0.05, 0) is 35.9 Å². The van der Waals surface area contributed by atoms with Crippen molar-refractivity contribution in [3.05, 3.63) is 59.1 Å². The number of amides is 1. The first kappa shape index (κ1) is 14.2. The fourth-order valence-electron chi connectivity index (χ4n) is 2.50. The van der Waals surface area contributed by atoms with Crippen LogP contribution in [0, 0.1) is 0 Å². The molecule has 2 aromatic carbocycles. The fraction of sp³-hybridized carbons (Fsp3) is 0.188. The van der Waals surface area contributed by atoms with Gasteiger partial charge in [-0.2, -0.15) is 0 Å². The van der Waals surface area contributed by atoms with Crippen LogP contribution in [0.15, 0.2) is 48.5 Å². The largest absolute Gasteiger partial charge is 0.497 e. The number of benzene rings is 2. The van der Waals surface area contributed by atoms with Gasteiger partial charge in [0.15, 0.2) is 0 Å². The number of methoxy groups -OCH3 is 1. The molecule has 3 rings (SSSR count). The summed E-state index contributed by atoms with van der Waals surface area (Å²) < 4.78 is 5.13. The van der Waals surface area contributed by atoms with Crippen LogP contribution in [0.3, 0.4) is 0 Å². The summed E-state index contributed by atoms with van der Waals surface area (Å²) in [4.78, 5) is 13.8. The number of hydrogen-bond donors (Lipinski definition) is 0. The number of alkyl halides is 1. The third-order valence-electron chi connectivity index (χ3n) is 3.60. The lowest BCUT2D eigenvalue weighted by atomic mass is 9.92. The van der Waals surface area contributed by atoms with E-state index >= 15 is 0 Å². The van der Waals surface area contributed by atoms with Crippen molar-refractivity contribution >= 4 is 34.8 Å². The van der Waals surface area contributed by atoms with Crippen molar-refractivity contribution in [1.29, 1.82) is 0 Å². The van der Waals surface area contributed by atoms with Crippen LogP contribution in [0.4, 0.5) is 5.69 Å². The number of anilines is 1. The van der Waals surface area contributed by atoms with E-state index in [0.29, 0.717) is 5.02 Å². The number of ether oxygens (including phenoxy) is 1. The van der Waals surface area contributed by atoms with Crippen molar-refractivity contribution in [1.82, 2.24) is 0 Å². The second-order valence-electron chi connectivity index (χ2n) is 4.77. The first-order valence-corrected chi connectivity index (χ1v) is 7.30. The van der Waals surface area contributed by atoms with Gasteiger partial charge >= 0.3 is 0 Å². The zero-order valence-electron chi connectivity index (χ0n) is 11.3. The van der Waals surface area contributed by atoms with E-state index in [1.54, 1.807) is 18.1 Å². The lowest BCUT2D eigenvalue weighted by molar-refractivity contribution is -0.123. The van der Waals surface area contributed by atoms with Gasteiger partial charge in [-0.25, -0.2) is 0 Å². The maximum Gasteiger partial charge on any atom is 0.248 e. The summed E-state index contributed by atoms with van der Waals surface area (Å²) in [5.41, 5.74) is 1.64. The van der Waals surface area contributed by atoms with Gasteiger partial charge in [-0.15, -0.1) is 11.6 Å². The van der Waals surface area contributed by atoms with Crippen molar-refractivity contribution < 1.29 is 9.53 Å². The smallest absolute Gasteiger partial charge is 0.248 e. The van der Waals surface area contributed by atoms with Crippen molar-refractivity contribution in [3.8, 4) is 5.75 Å². The Labute approximate surface area is 133 Å². The van der Waals surface area contributed by atoms with Crippen LogP contribution in [0.25, 0.3) is 0 Å². The SMILES string of the molecule is COc1ccc(N2C(=O)[C@@H](Cl)[C@@H]2c2ccccc2Cl)cc1. The highest BCUT2D eigenvalue weighted by Gasteiger charge is 2.48. The van der Waals surface area contributed by atoms with Crippen LogP contribution in [-0.4, -0.2) is 18.4 Å². The monoisotopic (exact) mass is 321 g/mol. The second kappa shape index (κ2) is 5.58. The molecule has 0 radical (unpaired) electrons. The minimum atomic E-state index is -0.591. The van der Waals surface area contributed by atoms with E-state index in [2.05, 4.69) is 0 Å². The van der Waals surface area contributed by atoms with E-state index in [0.717, 1.165) is 17.0 Å². The van der Waals surface area contributed by atoms with Crippen molar-refractivity contribution in [2.24, 2.45) is 0 Å². The predicted octanol–water partition coefficient (Wildman–Crippen LogP) is 4.04. The number of halogens is 2. The number of nitrogens with zero attached hydrogens (tertiary/aromatic N) is 1. The molecule has 1 aliphatic rings. The van der Waals surface area contributed by atoms with Crippen LogP contribution in [0.1, 0.15) is 11.6 Å². The number of carbonyl (C=O) groups excluding carboxylic acids is 1. The number of hydrogen-bond acceptors (Lipinski definition) is 2. The topological polar surface area (TPSA) is 29.5 Å². The highest BCUT2D eigenvalue weighted by Crippen LogP contribution is 2.44. The fourth-order valence-corrected chi connectivity index (χ4v) is 3.10. The van der Waals surface area contributed by atoms with Gasteiger partial charge in [-0.3, -0.25) is 4.79 Å². The van der Waals surface area contributed by atoms with Gasteiger partial charge in [0, 0.05) is 10.7 Å². The van der Waals surface area contributed by atoms with Gasteiger partial charge in [0.2, 0.25) is 5.91 Å². The molecule has 2 aromatic rings. The Bertz CT molecular complexity index is 672. The molecule has 1 saturated heterocycles. The third kappa shape index (κ3) is 2.37. The first-order chi connectivity index (χ1) is 10.1. The minimum absolute atomic E-state index is 0.119. The molecule has 0 aromatic heterocycles. The Morgan fingerprint density at radius 1 is 1.10 bits per heavy atom. The molecule has 3 nitrogen and oxygen atoms in total. The molecule has 0 unspecified atom stereocenters. The van der Waals surface area contributed by atoms with E-state index in [1.807, 2.05) is 42.5 Å². The quantitative estimate of drug-likeness (QED) is 0.630. The molecule has 1 heterocycles. The average molecular weight is 322 g/mol. The zero-order valence-corrected chi connectivity index (χ0v) is 12.8. The van der Waals surface area contributed by atoms with Crippen molar-refractivity contribution in [2.45, 2.75) is 11.4 Å². The van der Waals surface area contributed by atoms with Gasteiger partial charge in [0.25, 0.3) is 0 Å². The Kier molecular flexibility index (Phi) is 3.79. The van der Waals surface area contributed by atoms with Gasteiger partial charge in [0.05, 0.1) is 13.2 Å². The summed E-state index contributed by atoms with van der Waals surface area (Å²) in [6.45, 7) is 0. The van der Waals surface area contributed by atoms with Crippen LogP contribution in [0.5, 0.6) is 5.75 Å². The normalized spacial score (nSPS) is 21.1. The average Bonchev–Trinajstić information content (AvgIpc) is 2.53. The molecule has 5 heteroatoms. The van der Waals surface area contributed by atoms with E-state index < -0.39 is 5.38 Å². The van der Waals surface area contributed by atoms with Crippen LogP contribution in [0.2, 0.25) is 5.02 Å². The Morgan fingerprint density at radius 3 is 2.38 bits per heavy atom. The summed E-state index contributed by atoms with van der Waals surface area (Å²) in [6.07, 6.45) is 0. The van der Waals surface area contributed by atoms with Gasteiger partial charge in [0.1, 0.15) is 11.1 Å². The number of β-lactam (4-membered cyclic amide) rings is 1. The summed E-state index contributed by atoms with van der Waals surface area (Å²) in [5.74, 6) is 0.621. The molecule has 1 amide bonds. The van der Waals surface area contributed by atoms with E-state index in [4.69, 9.17) is 27.9 Å². The second-order valence-corrected chi connectivity index (χ2v) is 5.65. The molecule has 0 spiro atoms. The lowest BCUT2D eigenvalue weighted by Gasteiger charge is -2.44. The molecular weight excluding hydrogens is 309 g/mol. The molecule has 21 heavy (non-hydrogen) atoms.